The van der Waals surface area contributed by atoms with Crippen LogP contribution in [0.25, 0.3) is 11.1 Å². The Kier molecular flexibility index (Phi) is 14.9. The average Bonchev–Trinajstić information content (AvgIpc) is 3.07. The molecule has 0 spiro atoms. The number of aliphatic carboxylic acids is 2. The minimum Gasteiger partial charge on any atom is -0.475 e. The number of hydrogen-bond acceptors (Lipinski definition) is 6. The molecular formula is C33H35F6N5O6. The van der Waals surface area contributed by atoms with Crippen molar-refractivity contribution in [1.29, 1.82) is 5.41 Å². The Bertz CT molecular complexity index is 1580. The largest absolute Gasteiger partial charge is 0.490 e. The number of halogens is 6. The number of nitrogen functional groups attached to an aromatic ring is 1. The Balaban J connectivity index is 0.000000521. The van der Waals surface area contributed by atoms with Crippen molar-refractivity contribution in [2.75, 3.05) is 6.54 Å². The van der Waals surface area contributed by atoms with Crippen LogP contribution in [-0.2, 0) is 25.7 Å². The Labute approximate surface area is 282 Å². The van der Waals surface area contributed by atoms with Gasteiger partial charge >= 0.3 is 24.3 Å². The number of nitrogens with one attached hydrogen (secondary N) is 4. The van der Waals surface area contributed by atoms with Crippen LogP contribution >= 0.6 is 0 Å². The van der Waals surface area contributed by atoms with Crippen LogP contribution in [-0.4, -0.2) is 70.8 Å². The normalized spacial score (nSPS) is 16.2. The highest BCUT2D eigenvalue weighted by Gasteiger charge is 2.39. The van der Waals surface area contributed by atoms with Crippen LogP contribution in [0, 0.1) is 5.41 Å². The van der Waals surface area contributed by atoms with Crippen LogP contribution in [0.3, 0.4) is 0 Å². The van der Waals surface area contributed by atoms with Crippen molar-refractivity contribution in [2.45, 2.75) is 56.7 Å². The zero-order valence-electron chi connectivity index (χ0n) is 26.4. The minimum atomic E-state index is -5.08. The standard InChI is InChI=1S/C29H33N5O2.2C2HF3O2/c1-19(28(35)33-18-20-7-9-24(10-8-20)27(30)31)34-29(36)26-17-25(15-16-32-26)23-13-11-22(12-14-23)21-5-3-2-4-6-21;2*3-2(4,5)1(6)7/h2-14,19,25-26,32H,15-18H2,1H3,(H3,30,31)(H,33,35)(H,34,36);2*(H,6,7)/t19?,25-,26+;;/m0../s1. The van der Waals surface area contributed by atoms with Crippen LogP contribution in [0.1, 0.15) is 42.4 Å². The van der Waals surface area contributed by atoms with E-state index < -0.39 is 30.3 Å². The Morgan fingerprint density at radius 2 is 1.36 bits per heavy atom. The smallest absolute Gasteiger partial charge is 0.475 e. The van der Waals surface area contributed by atoms with E-state index in [1.165, 1.54) is 16.7 Å². The van der Waals surface area contributed by atoms with Crippen molar-refractivity contribution in [2.24, 2.45) is 5.73 Å². The summed E-state index contributed by atoms with van der Waals surface area (Å²) in [5.41, 5.74) is 10.6. The topological polar surface area (TPSA) is 195 Å². The van der Waals surface area contributed by atoms with Gasteiger partial charge in [-0.3, -0.25) is 15.0 Å². The van der Waals surface area contributed by atoms with Crippen molar-refractivity contribution in [3.8, 4) is 11.1 Å². The van der Waals surface area contributed by atoms with E-state index in [0.717, 1.165) is 18.5 Å². The molecule has 4 rings (SSSR count). The molecule has 0 aliphatic carbocycles. The van der Waals surface area contributed by atoms with Crippen molar-refractivity contribution in [1.82, 2.24) is 16.0 Å². The van der Waals surface area contributed by atoms with Crippen molar-refractivity contribution >= 4 is 29.6 Å². The predicted octanol–water partition coefficient (Wildman–Crippen LogP) is 4.56. The number of nitrogens with two attached hydrogens (primary N) is 1. The van der Waals surface area contributed by atoms with Crippen LogP contribution in [0.5, 0.6) is 0 Å². The van der Waals surface area contributed by atoms with Crippen molar-refractivity contribution in [3.05, 3.63) is 95.6 Å². The predicted molar refractivity (Wildman–Crippen MR) is 170 cm³/mol. The van der Waals surface area contributed by atoms with Gasteiger partial charge in [-0.1, -0.05) is 78.9 Å². The fraction of sp³-hybridized carbons (Fsp3) is 0.303. The van der Waals surface area contributed by atoms with Gasteiger partial charge in [0.25, 0.3) is 0 Å². The molecular weight excluding hydrogens is 676 g/mol. The fourth-order valence-electron chi connectivity index (χ4n) is 4.52. The molecule has 1 aliphatic heterocycles. The van der Waals surface area contributed by atoms with Gasteiger partial charge in [0.05, 0.1) is 6.04 Å². The maximum Gasteiger partial charge on any atom is 0.490 e. The van der Waals surface area contributed by atoms with Gasteiger partial charge in [-0.05, 0) is 54.5 Å². The minimum absolute atomic E-state index is 0.00433. The molecule has 11 nitrogen and oxygen atoms in total. The molecule has 1 unspecified atom stereocenters. The Morgan fingerprint density at radius 3 is 1.84 bits per heavy atom. The first-order valence-electron chi connectivity index (χ1n) is 14.8. The van der Waals surface area contributed by atoms with Gasteiger partial charge < -0.3 is 31.9 Å². The molecule has 270 valence electrons. The van der Waals surface area contributed by atoms with E-state index in [2.05, 4.69) is 52.3 Å². The third-order valence-electron chi connectivity index (χ3n) is 7.18. The molecule has 0 radical (unpaired) electrons. The van der Waals surface area contributed by atoms with Gasteiger partial charge in [0.15, 0.2) is 0 Å². The second-order valence-electron chi connectivity index (χ2n) is 10.9. The second kappa shape index (κ2) is 18.4. The molecule has 0 saturated carbocycles. The number of amidine groups is 1. The lowest BCUT2D eigenvalue weighted by Crippen LogP contribution is -2.53. The highest BCUT2D eigenvalue weighted by molar-refractivity contribution is 5.95. The van der Waals surface area contributed by atoms with Gasteiger partial charge in [-0.15, -0.1) is 0 Å². The van der Waals surface area contributed by atoms with Crippen LogP contribution in [0.15, 0.2) is 78.9 Å². The molecule has 0 aromatic heterocycles. The first kappa shape index (κ1) is 40.7. The number of carboxylic acids is 2. The average molecular weight is 712 g/mol. The lowest BCUT2D eigenvalue weighted by atomic mass is 9.85. The van der Waals surface area contributed by atoms with E-state index in [4.69, 9.17) is 30.9 Å². The zero-order chi connectivity index (χ0) is 37.6. The number of carbonyl (C=O) groups is 4. The van der Waals surface area contributed by atoms with Gasteiger partial charge in [-0.2, -0.15) is 26.3 Å². The van der Waals surface area contributed by atoms with Crippen LogP contribution in [0.4, 0.5) is 26.3 Å². The van der Waals surface area contributed by atoms with Gasteiger partial charge in [0.2, 0.25) is 11.8 Å². The summed E-state index contributed by atoms with van der Waals surface area (Å²) in [6.45, 7) is 2.77. The number of carbonyl (C=O) groups excluding carboxylic acids is 2. The highest BCUT2D eigenvalue weighted by atomic mass is 19.4. The molecule has 50 heavy (non-hydrogen) atoms. The molecule has 1 saturated heterocycles. The number of benzene rings is 3. The monoisotopic (exact) mass is 711 g/mol. The number of carboxylic acid groups (broad SMARTS) is 2. The molecule has 8 N–H and O–H groups in total. The lowest BCUT2D eigenvalue weighted by molar-refractivity contribution is -0.193. The molecule has 3 aromatic carbocycles. The molecule has 1 fully saturated rings. The third kappa shape index (κ3) is 13.6. The highest BCUT2D eigenvalue weighted by Crippen LogP contribution is 2.30. The van der Waals surface area contributed by atoms with E-state index in [9.17, 15) is 35.9 Å². The number of amides is 2. The summed E-state index contributed by atoms with van der Waals surface area (Å²) in [5, 5.41) is 30.7. The maximum atomic E-state index is 12.9. The summed E-state index contributed by atoms with van der Waals surface area (Å²) >= 11 is 0. The number of alkyl halides is 6. The molecule has 1 heterocycles. The second-order valence-corrected chi connectivity index (χ2v) is 10.9. The van der Waals surface area contributed by atoms with E-state index in [0.29, 0.717) is 18.5 Å². The van der Waals surface area contributed by atoms with E-state index in [1.54, 1.807) is 19.1 Å². The first-order valence-corrected chi connectivity index (χ1v) is 14.8. The van der Waals surface area contributed by atoms with E-state index >= 15 is 0 Å². The first-order chi connectivity index (χ1) is 23.3. The molecule has 3 aromatic rings. The summed E-state index contributed by atoms with van der Waals surface area (Å²) in [6, 6.07) is 25.0. The summed E-state index contributed by atoms with van der Waals surface area (Å²) in [6.07, 6.45) is -8.51. The summed E-state index contributed by atoms with van der Waals surface area (Å²) in [4.78, 5) is 43.3. The zero-order valence-corrected chi connectivity index (χ0v) is 26.4. The summed E-state index contributed by atoms with van der Waals surface area (Å²) in [7, 11) is 0. The number of rotatable bonds is 8. The summed E-state index contributed by atoms with van der Waals surface area (Å²) in [5.74, 6) is -5.63. The number of piperidine rings is 1. The molecule has 1 aliphatic rings. The molecule has 2 amide bonds. The van der Waals surface area contributed by atoms with E-state index in [1.807, 2.05) is 30.3 Å². The molecule has 0 bridgehead atoms. The van der Waals surface area contributed by atoms with Crippen LogP contribution < -0.4 is 21.7 Å². The maximum absolute atomic E-state index is 12.9. The number of hydrogen-bond donors (Lipinski definition) is 7. The fourth-order valence-corrected chi connectivity index (χ4v) is 4.52. The lowest BCUT2D eigenvalue weighted by Gasteiger charge is -2.30. The van der Waals surface area contributed by atoms with Gasteiger partial charge in [0.1, 0.15) is 11.9 Å². The Hall–Kier alpha value is -5.45. The summed E-state index contributed by atoms with van der Waals surface area (Å²) < 4.78 is 63.5. The van der Waals surface area contributed by atoms with Crippen LogP contribution in [0.2, 0.25) is 0 Å². The van der Waals surface area contributed by atoms with E-state index in [-0.39, 0.29) is 29.6 Å². The van der Waals surface area contributed by atoms with Crippen molar-refractivity contribution < 1.29 is 55.7 Å². The molecule has 3 atom stereocenters. The SMILES string of the molecule is CC(NC(=O)[C@H]1C[C@@H](c2ccc(-c3ccccc3)cc2)CCN1)C(=O)NCc1ccc(C(=N)N)cc1.O=C(O)C(F)(F)F.O=C(O)C(F)(F)F. The van der Waals surface area contributed by atoms with Crippen molar-refractivity contribution in [3.63, 3.8) is 0 Å². The van der Waals surface area contributed by atoms with Gasteiger partial charge in [0, 0.05) is 12.1 Å². The quantitative estimate of drug-likeness (QED) is 0.100. The molecule has 17 heteroatoms. The third-order valence-corrected chi connectivity index (χ3v) is 7.18. The van der Waals surface area contributed by atoms with Gasteiger partial charge in [-0.25, -0.2) is 9.59 Å². The Morgan fingerprint density at radius 1 is 0.860 bits per heavy atom.